The number of aromatic hydroxyl groups is 1. The van der Waals surface area contributed by atoms with Gasteiger partial charge in [0.25, 0.3) is 0 Å². The topological polar surface area (TPSA) is 112 Å². The number of anilines is 1. The van der Waals surface area contributed by atoms with Crippen LogP contribution < -0.4 is 10.7 Å². The van der Waals surface area contributed by atoms with Gasteiger partial charge in [-0.2, -0.15) is 10.2 Å². The number of nitrogens with one attached hydrogen (secondary N) is 2. The SMILES string of the molecule is CCn1nc(/C(C)=N/NC(=S)Nc2ccc(C(=O)O)cc2)c(O)c1-c1ccc(C(C)(C)C)cc1. The molecule has 0 aliphatic carbocycles. The molecule has 3 aromatic rings. The first-order valence-electron chi connectivity index (χ1n) is 10.9. The molecule has 0 spiro atoms. The van der Waals surface area contributed by atoms with E-state index in [0.29, 0.717) is 29.3 Å². The molecule has 0 aliphatic heterocycles. The van der Waals surface area contributed by atoms with E-state index in [0.717, 1.165) is 5.56 Å². The number of carboxylic acids is 1. The van der Waals surface area contributed by atoms with Gasteiger partial charge in [-0.25, -0.2) is 4.79 Å². The Morgan fingerprint density at radius 1 is 1.12 bits per heavy atom. The number of thiocarbonyl (C=S) groups is 1. The number of hydrogen-bond donors (Lipinski definition) is 4. The van der Waals surface area contributed by atoms with Crippen molar-refractivity contribution in [1.82, 2.24) is 15.2 Å². The van der Waals surface area contributed by atoms with Crippen LogP contribution in [0.1, 0.15) is 56.2 Å². The van der Waals surface area contributed by atoms with Gasteiger partial charge in [0.1, 0.15) is 5.69 Å². The predicted molar refractivity (Wildman–Crippen MR) is 139 cm³/mol. The maximum Gasteiger partial charge on any atom is 0.335 e. The molecule has 0 unspecified atom stereocenters. The first kappa shape index (κ1) is 24.9. The lowest BCUT2D eigenvalue weighted by Gasteiger charge is -2.19. The van der Waals surface area contributed by atoms with Crippen molar-refractivity contribution >= 4 is 34.7 Å². The minimum atomic E-state index is -0.997. The summed E-state index contributed by atoms with van der Waals surface area (Å²) in [5.74, 6) is -0.945. The predicted octanol–water partition coefficient (Wildman–Crippen LogP) is 4.98. The zero-order chi connectivity index (χ0) is 25.0. The molecule has 0 bridgehead atoms. The zero-order valence-electron chi connectivity index (χ0n) is 19.9. The van der Waals surface area contributed by atoms with Gasteiger partial charge in [0.15, 0.2) is 16.6 Å². The lowest BCUT2D eigenvalue weighted by molar-refractivity contribution is 0.0697. The molecule has 0 fully saturated rings. The second-order valence-electron chi connectivity index (χ2n) is 8.83. The number of benzene rings is 2. The van der Waals surface area contributed by atoms with Gasteiger partial charge in [-0.05, 0) is 61.3 Å². The smallest absolute Gasteiger partial charge is 0.335 e. The summed E-state index contributed by atoms with van der Waals surface area (Å²) < 4.78 is 1.75. The van der Waals surface area contributed by atoms with Gasteiger partial charge < -0.3 is 15.5 Å². The summed E-state index contributed by atoms with van der Waals surface area (Å²) in [6, 6.07) is 14.3. The maximum atomic E-state index is 11.0. The van der Waals surface area contributed by atoms with Crippen LogP contribution in [0.4, 0.5) is 5.69 Å². The highest BCUT2D eigenvalue weighted by atomic mass is 32.1. The first-order chi connectivity index (χ1) is 16.0. The second kappa shape index (κ2) is 10.0. The number of carbonyl (C=O) groups is 1. The Morgan fingerprint density at radius 2 is 1.74 bits per heavy atom. The van der Waals surface area contributed by atoms with Gasteiger partial charge >= 0.3 is 5.97 Å². The van der Waals surface area contributed by atoms with Crippen LogP contribution in [-0.4, -0.2) is 36.8 Å². The van der Waals surface area contributed by atoms with Crippen LogP contribution in [0.25, 0.3) is 11.3 Å². The van der Waals surface area contributed by atoms with Gasteiger partial charge in [0.05, 0.1) is 11.3 Å². The van der Waals surface area contributed by atoms with Crippen molar-refractivity contribution in [2.24, 2.45) is 5.10 Å². The molecule has 0 aliphatic rings. The first-order valence-corrected chi connectivity index (χ1v) is 11.3. The van der Waals surface area contributed by atoms with Crippen molar-refractivity contribution in [3.8, 4) is 17.0 Å². The van der Waals surface area contributed by atoms with Crippen LogP contribution in [-0.2, 0) is 12.0 Å². The third kappa shape index (κ3) is 5.60. The molecular weight excluding hydrogens is 450 g/mol. The van der Waals surface area contributed by atoms with Crippen molar-refractivity contribution in [2.45, 2.75) is 46.6 Å². The summed E-state index contributed by atoms with van der Waals surface area (Å²) >= 11 is 5.26. The quantitative estimate of drug-likeness (QED) is 0.224. The van der Waals surface area contributed by atoms with E-state index < -0.39 is 5.97 Å². The van der Waals surface area contributed by atoms with Crippen LogP contribution in [0.15, 0.2) is 53.6 Å². The average Bonchev–Trinajstić information content (AvgIpc) is 3.13. The maximum absolute atomic E-state index is 11.0. The third-order valence-electron chi connectivity index (χ3n) is 5.31. The molecule has 8 nitrogen and oxygen atoms in total. The largest absolute Gasteiger partial charge is 0.504 e. The molecule has 0 saturated heterocycles. The number of hydrazone groups is 1. The van der Waals surface area contributed by atoms with Crippen LogP contribution in [0.5, 0.6) is 5.75 Å². The summed E-state index contributed by atoms with van der Waals surface area (Å²) in [5, 5.41) is 31.9. The fourth-order valence-electron chi connectivity index (χ4n) is 3.38. The van der Waals surface area contributed by atoms with E-state index >= 15 is 0 Å². The van der Waals surface area contributed by atoms with Crippen LogP contribution in [0.2, 0.25) is 0 Å². The number of aromatic carboxylic acids is 1. The van der Waals surface area contributed by atoms with E-state index in [1.807, 2.05) is 19.1 Å². The summed E-state index contributed by atoms with van der Waals surface area (Å²) in [6.07, 6.45) is 0. The van der Waals surface area contributed by atoms with Crippen molar-refractivity contribution in [2.75, 3.05) is 5.32 Å². The van der Waals surface area contributed by atoms with Crippen LogP contribution in [0.3, 0.4) is 0 Å². The number of nitrogens with zero attached hydrogens (tertiary/aromatic N) is 3. The summed E-state index contributed by atoms with van der Waals surface area (Å²) in [6.45, 7) is 10.7. The van der Waals surface area contributed by atoms with Crippen LogP contribution >= 0.6 is 12.2 Å². The Balaban J connectivity index is 1.78. The Bertz CT molecular complexity index is 1220. The van der Waals surface area contributed by atoms with Crippen molar-refractivity contribution in [1.29, 1.82) is 0 Å². The lowest BCUT2D eigenvalue weighted by atomic mass is 9.86. The normalized spacial score (nSPS) is 11.9. The zero-order valence-corrected chi connectivity index (χ0v) is 20.7. The fourth-order valence-corrected chi connectivity index (χ4v) is 3.55. The number of aromatic nitrogens is 2. The van der Waals surface area contributed by atoms with E-state index in [-0.39, 0.29) is 21.8 Å². The summed E-state index contributed by atoms with van der Waals surface area (Å²) in [4.78, 5) is 11.0. The highest BCUT2D eigenvalue weighted by Crippen LogP contribution is 2.34. The van der Waals surface area contributed by atoms with Crippen molar-refractivity contribution in [3.05, 3.63) is 65.4 Å². The van der Waals surface area contributed by atoms with E-state index in [2.05, 4.69) is 53.8 Å². The molecule has 0 radical (unpaired) electrons. The molecule has 1 heterocycles. The minimum Gasteiger partial charge on any atom is -0.504 e. The fraction of sp³-hybridized carbons (Fsp3) is 0.280. The molecule has 34 heavy (non-hydrogen) atoms. The molecular formula is C25H29N5O3S. The minimum absolute atomic E-state index is 0.0381. The summed E-state index contributed by atoms with van der Waals surface area (Å²) in [5.41, 5.74) is 7.11. The van der Waals surface area contributed by atoms with Gasteiger partial charge in [-0.1, -0.05) is 45.0 Å². The molecule has 4 N–H and O–H groups in total. The highest BCUT2D eigenvalue weighted by Gasteiger charge is 2.21. The number of hydrogen-bond acceptors (Lipinski definition) is 5. The molecule has 0 saturated carbocycles. The number of rotatable bonds is 6. The molecule has 1 aromatic heterocycles. The molecule has 2 aromatic carbocycles. The van der Waals surface area contributed by atoms with E-state index in [1.54, 1.807) is 23.7 Å². The van der Waals surface area contributed by atoms with Crippen molar-refractivity contribution < 1.29 is 15.0 Å². The van der Waals surface area contributed by atoms with Crippen molar-refractivity contribution in [3.63, 3.8) is 0 Å². The monoisotopic (exact) mass is 479 g/mol. The lowest BCUT2D eigenvalue weighted by Crippen LogP contribution is -2.25. The molecule has 3 rings (SSSR count). The van der Waals surface area contributed by atoms with E-state index in [4.69, 9.17) is 17.3 Å². The van der Waals surface area contributed by atoms with E-state index in [9.17, 15) is 9.90 Å². The standard InChI is InChI=1S/C25H29N5O3S/c1-6-30-21(16-7-11-18(12-8-16)25(3,4)5)22(31)20(29-30)15(2)27-28-24(34)26-19-13-9-17(10-14-19)23(32)33/h7-14,31H,6H2,1-5H3,(H,32,33)(H2,26,28,34)/b27-15+. The Morgan fingerprint density at radius 3 is 2.26 bits per heavy atom. The van der Waals surface area contributed by atoms with Gasteiger partial charge in [0.2, 0.25) is 0 Å². The van der Waals surface area contributed by atoms with Gasteiger partial charge in [0, 0.05) is 17.8 Å². The molecule has 9 heteroatoms. The average molecular weight is 480 g/mol. The molecule has 178 valence electrons. The van der Waals surface area contributed by atoms with Gasteiger partial charge in [-0.3, -0.25) is 10.1 Å². The molecule has 0 amide bonds. The number of carboxylic acid groups (broad SMARTS) is 1. The second-order valence-corrected chi connectivity index (χ2v) is 9.24. The Hall–Kier alpha value is -3.72. The van der Waals surface area contributed by atoms with Crippen LogP contribution in [0, 0.1) is 0 Å². The highest BCUT2D eigenvalue weighted by molar-refractivity contribution is 7.80. The molecule has 0 atom stereocenters. The summed E-state index contributed by atoms with van der Waals surface area (Å²) in [7, 11) is 0. The Kier molecular flexibility index (Phi) is 7.36. The van der Waals surface area contributed by atoms with Gasteiger partial charge in [-0.15, -0.1) is 0 Å². The number of aryl methyl sites for hydroxylation is 1. The third-order valence-corrected chi connectivity index (χ3v) is 5.50. The Labute approximate surface area is 204 Å². The van der Waals surface area contributed by atoms with E-state index in [1.165, 1.54) is 17.7 Å².